The fourth-order valence-corrected chi connectivity index (χ4v) is 3.26. The van der Waals surface area contributed by atoms with Gasteiger partial charge in [0, 0.05) is 12.4 Å². The fourth-order valence-electron chi connectivity index (χ4n) is 1.83. The summed E-state index contributed by atoms with van der Waals surface area (Å²) in [5.41, 5.74) is 0.236. The van der Waals surface area contributed by atoms with Crippen LogP contribution in [0.3, 0.4) is 0 Å². The van der Waals surface area contributed by atoms with Gasteiger partial charge in [-0.2, -0.15) is 0 Å². The summed E-state index contributed by atoms with van der Waals surface area (Å²) in [5.74, 6) is 1.29. The summed E-state index contributed by atoms with van der Waals surface area (Å²) in [6, 6.07) is 0. The molecule has 0 amide bonds. The summed E-state index contributed by atoms with van der Waals surface area (Å²) in [4.78, 5) is 0. The second kappa shape index (κ2) is 5.69. The van der Waals surface area contributed by atoms with Gasteiger partial charge in [-0.1, -0.05) is 13.8 Å². The minimum absolute atomic E-state index is 0.202. The standard InChI is InChI=1S/C11H22ClNO2S/c1-10(2)11(5-6-11)9-13-16(14,15)8-4-3-7-12/h10,13H,3-9H2,1-2H3. The van der Waals surface area contributed by atoms with Gasteiger partial charge in [0.1, 0.15) is 0 Å². The normalized spacial score (nSPS) is 19.0. The molecular weight excluding hydrogens is 246 g/mol. The van der Waals surface area contributed by atoms with Crippen molar-refractivity contribution in [2.45, 2.75) is 39.5 Å². The van der Waals surface area contributed by atoms with Crippen molar-refractivity contribution < 1.29 is 8.42 Å². The molecule has 0 unspecified atom stereocenters. The van der Waals surface area contributed by atoms with Gasteiger partial charge in [0.15, 0.2) is 0 Å². The molecule has 0 saturated heterocycles. The van der Waals surface area contributed by atoms with Gasteiger partial charge in [0.25, 0.3) is 0 Å². The lowest BCUT2D eigenvalue weighted by Crippen LogP contribution is -2.34. The Morgan fingerprint density at radius 1 is 1.31 bits per heavy atom. The van der Waals surface area contributed by atoms with E-state index in [1.165, 1.54) is 0 Å². The molecule has 0 spiro atoms. The van der Waals surface area contributed by atoms with E-state index < -0.39 is 10.0 Å². The van der Waals surface area contributed by atoms with Crippen molar-refractivity contribution >= 4 is 21.6 Å². The van der Waals surface area contributed by atoms with E-state index in [4.69, 9.17) is 11.6 Å². The third-order valence-corrected chi connectivity index (χ3v) is 5.24. The SMILES string of the molecule is CC(C)C1(CNS(=O)(=O)CCCCCl)CC1. The first kappa shape index (κ1) is 14.3. The number of halogens is 1. The molecule has 1 aliphatic rings. The lowest BCUT2D eigenvalue weighted by molar-refractivity contribution is 0.357. The average Bonchev–Trinajstić information content (AvgIpc) is 2.96. The molecule has 0 heterocycles. The summed E-state index contributed by atoms with van der Waals surface area (Å²) in [6.07, 6.45) is 3.70. The topological polar surface area (TPSA) is 46.2 Å². The molecule has 0 aromatic carbocycles. The van der Waals surface area contributed by atoms with E-state index in [9.17, 15) is 8.42 Å². The van der Waals surface area contributed by atoms with E-state index >= 15 is 0 Å². The highest BCUT2D eigenvalue weighted by molar-refractivity contribution is 7.89. The van der Waals surface area contributed by atoms with Crippen molar-refractivity contribution in [1.82, 2.24) is 4.72 Å². The molecule has 1 fully saturated rings. The minimum Gasteiger partial charge on any atom is -0.215 e. The minimum atomic E-state index is -3.09. The zero-order valence-corrected chi connectivity index (χ0v) is 11.7. The van der Waals surface area contributed by atoms with E-state index in [1.807, 2.05) is 0 Å². The van der Waals surface area contributed by atoms with Crippen LogP contribution < -0.4 is 4.72 Å². The number of alkyl halides is 1. The smallest absolute Gasteiger partial charge is 0.211 e. The highest BCUT2D eigenvalue weighted by Gasteiger charge is 2.45. The number of sulfonamides is 1. The van der Waals surface area contributed by atoms with Gasteiger partial charge >= 0.3 is 0 Å². The molecule has 5 heteroatoms. The highest BCUT2D eigenvalue weighted by Crippen LogP contribution is 2.51. The van der Waals surface area contributed by atoms with Crippen LogP contribution >= 0.6 is 11.6 Å². The first-order valence-corrected chi connectivity index (χ1v) is 8.14. The van der Waals surface area contributed by atoms with Gasteiger partial charge in [-0.15, -0.1) is 11.6 Å². The Hall–Kier alpha value is 0.200. The molecule has 1 saturated carbocycles. The third-order valence-electron chi connectivity index (χ3n) is 3.56. The summed E-state index contributed by atoms with van der Waals surface area (Å²) in [7, 11) is -3.09. The van der Waals surface area contributed by atoms with Gasteiger partial charge in [-0.25, -0.2) is 13.1 Å². The molecular formula is C11H22ClNO2S. The van der Waals surface area contributed by atoms with Crippen molar-refractivity contribution in [3.8, 4) is 0 Å². The van der Waals surface area contributed by atoms with Crippen molar-refractivity contribution in [3.05, 3.63) is 0 Å². The van der Waals surface area contributed by atoms with Crippen molar-refractivity contribution in [2.24, 2.45) is 11.3 Å². The van der Waals surface area contributed by atoms with Crippen LogP contribution in [0.4, 0.5) is 0 Å². The van der Waals surface area contributed by atoms with Crippen LogP contribution in [0.2, 0.25) is 0 Å². The second-order valence-electron chi connectivity index (χ2n) is 5.05. The zero-order chi connectivity index (χ0) is 12.2. The van der Waals surface area contributed by atoms with E-state index in [1.54, 1.807) is 0 Å². The van der Waals surface area contributed by atoms with Crippen LogP contribution in [0.25, 0.3) is 0 Å². The molecule has 1 N–H and O–H groups in total. The zero-order valence-electron chi connectivity index (χ0n) is 10.1. The number of hydrogen-bond donors (Lipinski definition) is 1. The average molecular weight is 268 g/mol. The molecule has 0 bridgehead atoms. The molecule has 0 aromatic rings. The Labute approximate surface area is 104 Å². The number of unbranched alkanes of at least 4 members (excludes halogenated alkanes) is 1. The van der Waals surface area contributed by atoms with Gasteiger partial charge in [-0.05, 0) is 37.0 Å². The Balaban J connectivity index is 2.31. The fraction of sp³-hybridized carbons (Fsp3) is 1.00. The molecule has 0 aliphatic heterocycles. The lowest BCUT2D eigenvalue weighted by atomic mass is 9.93. The maximum atomic E-state index is 11.6. The van der Waals surface area contributed by atoms with Gasteiger partial charge in [0.2, 0.25) is 10.0 Å². The molecule has 3 nitrogen and oxygen atoms in total. The monoisotopic (exact) mass is 267 g/mol. The Kier molecular flexibility index (Phi) is 5.08. The number of nitrogens with one attached hydrogen (secondary N) is 1. The maximum absolute atomic E-state index is 11.6. The molecule has 1 aliphatic carbocycles. The largest absolute Gasteiger partial charge is 0.215 e. The van der Waals surface area contributed by atoms with Gasteiger partial charge in [-0.3, -0.25) is 0 Å². The van der Waals surface area contributed by atoms with Crippen LogP contribution in [0.5, 0.6) is 0 Å². The molecule has 96 valence electrons. The van der Waals surface area contributed by atoms with Crippen LogP contribution in [0.1, 0.15) is 39.5 Å². The molecule has 0 aromatic heterocycles. The maximum Gasteiger partial charge on any atom is 0.211 e. The van der Waals surface area contributed by atoms with E-state index in [-0.39, 0.29) is 11.2 Å². The van der Waals surface area contributed by atoms with Crippen molar-refractivity contribution in [2.75, 3.05) is 18.2 Å². The van der Waals surface area contributed by atoms with Crippen LogP contribution in [-0.4, -0.2) is 26.6 Å². The number of hydrogen-bond acceptors (Lipinski definition) is 2. The van der Waals surface area contributed by atoms with Gasteiger partial charge in [0.05, 0.1) is 5.75 Å². The molecule has 0 radical (unpaired) electrons. The molecule has 16 heavy (non-hydrogen) atoms. The highest BCUT2D eigenvalue weighted by atomic mass is 35.5. The van der Waals surface area contributed by atoms with Crippen LogP contribution in [0, 0.1) is 11.3 Å². The second-order valence-corrected chi connectivity index (χ2v) is 7.36. The summed E-state index contributed by atoms with van der Waals surface area (Å²) >= 11 is 5.52. The summed E-state index contributed by atoms with van der Waals surface area (Å²) in [6.45, 7) is 4.93. The first-order valence-electron chi connectivity index (χ1n) is 5.95. The predicted octanol–water partition coefficient (Wildman–Crippen LogP) is 2.36. The lowest BCUT2D eigenvalue weighted by Gasteiger charge is -2.19. The van der Waals surface area contributed by atoms with E-state index in [0.29, 0.717) is 24.8 Å². The number of rotatable bonds is 8. The summed E-state index contributed by atoms with van der Waals surface area (Å²) < 4.78 is 26.0. The molecule has 0 atom stereocenters. The van der Waals surface area contributed by atoms with E-state index in [2.05, 4.69) is 18.6 Å². The Morgan fingerprint density at radius 3 is 2.38 bits per heavy atom. The van der Waals surface area contributed by atoms with Crippen LogP contribution in [0.15, 0.2) is 0 Å². The Bertz CT molecular complexity index is 310. The van der Waals surface area contributed by atoms with Crippen molar-refractivity contribution in [1.29, 1.82) is 0 Å². The quantitative estimate of drug-likeness (QED) is 0.542. The van der Waals surface area contributed by atoms with Crippen molar-refractivity contribution in [3.63, 3.8) is 0 Å². The van der Waals surface area contributed by atoms with E-state index in [0.717, 1.165) is 19.3 Å². The summed E-state index contributed by atoms with van der Waals surface area (Å²) in [5, 5.41) is 0. The predicted molar refractivity (Wildman–Crippen MR) is 68.2 cm³/mol. The Morgan fingerprint density at radius 2 is 1.94 bits per heavy atom. The van der Waals surface area contributed by atoms with Gasteiger partial charge < -0.3 is 0 Å². The van der Waals surface area contributed by atoms with Crippen LogP contribution in [-0.2, 0) is 10.0 Å². The first-order chi connectivity index (χ1) is 7.42. The molecule has 1 rings (SSSR count). The third kappa shape index (κ3) is 4.22.